The number of rotatable bonds is 3. The minimum absolute atomic E-state index is 0.0722. The highest BCUT2D eigenvalue weighted by molar-refractivity contribution is 7.08. The van der Waals surface area contributed by atoms with E-state index in [1.165, 1.54) is 23.5 Å². The van der Waals surface area contributed by atoms with Crippen LogP contribution in [-0.4, -0.2) is 15.8 Å². The van der Waals surface area contributed by atoms with Gasteiger partial charge in [0.1, 0.15) is 5.15 Å². The highest BCUT2D eigenvalue weighted by Gasteiger charge is 2.19. The first-order valence-corrected chi connectivity index (χ1v) is 6.46. The van der Waals surface area contributed by atoms with E-state index in [-0.39, 0.29) is 16.7 Å². The van der Waals surface area contributed by atoms with E-state index in [0.29, 0.717) is 5.56 Å². The zero-order valence-electron chi connectivity index (χ0n) is 9.71. The van der Waals surface area contributed by atoms with Crippen LogP contribution in [0.15, 0.2) is 22.9 Å². The molecule has 0 aliphatic rings. The van der Waals surface area contributed by atoms with Crippen molar-refractivity contribution in [1.82, 2.24) is 4.98 Å². The summed E-state index contributed by atoms with van der Waals surface area (Å²) in [6.07, 6.45) is 0. The molecule has 2 rings (SSSR count). The van der Waals surface area contributed by atoms with Crippen molar-refractivity contribution in [3.8, 4) is 0 Å². The maximum absolute atomic E-state index is 12.0. The molecular formula is C11H8ClN3O3S. The molecule has 6 nitrogen and oxygen atoms in total. The summed E-state index contributed by atoms with van der Waals surface area (Å²) in [4.78, 5) is 26.0. The fourth-order valence-corrected chi connectivity index (χ4v) is 2.41. The Morgan fingerprint density at radius 3 is 2.79 bits per heavy atom. The highest BCUT2D eigenvalue weighted by Crippen LogP contribution is 2.25. The van der Waals surface area contributed by atoms with Gasteiger partial charge in [0.15, 0.2) is 0 Å². The van der Waals surface area contributed by atoms with Crippen molar-refractivity contribution in [2.45, 2.75) is 6.92 Å². The summed E-state index contributed by atoms with van der Waals surface area (Å²) in [6.45, 7) is 1.78. The molecule has 19 heavy (non-hydrogen) atoms. The molecule has 98 valence electrons. The lowest BCUT2D eigenvalue weighted by Crippen LogP contribution is -2.14. The average molecular weight is 298 g/mol. The van der Waals surface area contributed by atoms with E-state index in [4.69, 9.17) is 11.6 Å². The standard InChI is InChI=1S/C11H8ClN3O3S/c1-6-4-19-5-7(6)11(16)14-10-8(15(17)18)2-3-9(12)13-10/h2-5H,1H3,(H,13,14,16). The minimum Gasteiger partial charge on any atom is -0.301 e. The number of amides is 1. The first-order valence-electron chi connectivity index (χ1n) is 5.14. The van der Waals surface area contributed by atoms with E-state index < -0.39 is 10.8 Å². The number of carbonyl (C=O) groups excluding carboxylic acids is 1. The number of anilines is 1. The van der Waals surface area contributed by atoms with Crippen LogP contribution in [-0.2, 0) is 0 Å². The predicted molar refractivity (Wildman–Crippen MR) is 72.9 cm³/mol. The van der Waals surface area contributed by atoms with Gasteiger partial charge >= 0.3 is 5.69 Å². The third kappa shape index (κ3) is 2.88. The molecule has 0 aliphatic heterocycles. The Morgan fingerprint density at radius 1 is 1.47 bits per heavy atom. The lowest BCUT2D eigenvalue weighted by molar-refractivity contribution is -0.384. The minimum atomic E-state index is -0.626. The predicted octanol–water partition coefficient (Wildman–Crippen LogP) is 3.27. The van der Waals surface area contributed by atoms with Gasteiger partial charge in [0.05, 0.1) is 10.5 Å². The Balaban J connectivity index is 2.33. The fourth-order valence-electron chi connectivity index (χ4n) is 1.44. The Labute approximate surface area is 117 Å². The van der Waals surface area contributed by atoms with E-state index in [9.17, 15) is 14.9 Å². The van der Waals surface area contributed by atoms with Gasteiger partial charge in [0.25, 0.3) is 5.91 Å². The van der Waals surface area contributed by atoms with Gasteiger partial charge in [-0.05, 0) is 23.9 Å². The van der Waals surface area contributed by atoms with Gasteiger partial charge in [-0.15, -0.1) is 0 Å². The molecule has 0 spiro atoms. The zero-order chi connectivity index (χ0) is 14.0. The number of aromatic nitrogens is 1. The van der Waals surface area contributed by atoms with Crippen LogP contribution in [0, 0.1) is 17.0 Å². The second kappa shape index (κ2) is 5.33. The molecule has 0 aromatic carbocycles. The monoisotopic (exact) mass is 297 g/mol. The molecule has 0 unspecified atom stereocenters. The third-order valence-corrected chi connectivity index (χ3v) is 3.44. The second-order valence-corrected chi connectivity index (χ2v) is 4.81. The third-order valence-electron chi connectivity index (χ3n) is 2.37. The summed E-state index contributed by atoms with van der Waals surface area (Å²) in [5, 5.41) is 16.8. The van der Waals surface area contributed by atoms with Crippen LogP contribution in [0.2, 0.25) is 5.15 Å². The topological polar surface area (TPSA) is 85.1 Å². The summed E-state index contributed by atoms with van der Waals surface area (Å²) in [6, 6.07) is 2.50. The number of pyridine rings is 1. The summed E-state index contributed by atoms with van der Waals surface area (Å²) >= 11 is 7.06. The van der Waals surface area contributed by atoms with Crippen molar-refractivity contribution in [1.29, 1.82) is 0 Å². The van der Waals surface area contributed by atoms with Crippen molar-refractivity contribution < 1.29 is 9.72 Å². The van der Waals surface area contributed by atoms with Gasteiger partial charge in [0, 0.05) is 11.4 Å². The number of nitrogens with zero attached hydrogens (tertiary/aromatic N) is 2. The maximum atomic E-state index is 12.0. The SMILES string of the molecule is Cc1cscc1C(=O)Nc1nc(Cl)ccc1[N+](=O)[O-]. The molecule has 0 saturated heterocycles. The number of nitro groups is 1. The summed E-state index contributed by atoms with van der Waals surface area (Å²) in [5.41, 5.74) is 0.957. The van der Waals surface area contributed by atoms with Crippen molar-refractivity contribution in [3.05, 3.63) is 49.3 Å². The number of aryl methyl sites for hydroxylation is 1. The molecule has 2 aromatic heterocycles. The quantitative estimate of drug-likeness (QED) is 0.535. The summed E-state index contributed by atoms with van der Waals surface area (Å²) in [5.74, 6) is -0.607. The summed E-state index contributed by atoms with van der Waals surface area (Å²) < 4.78 is 0. The fraction of sp³-hybridized carbons (Fsp3) is 0.0909. The lowest BCUT2D eigenvalue weighted by atomic mass is 10.2. The van der Waals surface area contributed by atoms with E-state index in [0.717, 1.165) is 5.56 Å². The number of hydrogen-bond donors (Lipinski definition) is 1. The Morgan fingerprint density at radius 2 is 2.21 bits per heavy atom. The highest BCUT2D eigenvalue weighted by atomic mass is 35.5. The van der Waals surface area contributed by atoms with Gasteiger partial charge in [-0.2, -0.15) is 11.3 Å². The number of thiophene rings is 1. The van der Waals surface area contributed by atoms with Crippen molar-refractivity contribution >= 4 is 40.4 Å². The van der Waals surface area contributed by atoms with E-state index >= 15 is 0 Å². The van der Waals surface area contributed by atoms with Crippen molar-refractivity contribution in [3.63, 3.8) is 0 Å². The second-order valence-electron chi connectivity index (χ2n) is 3.68. The molecule has 8 heteroatoms. The Hall–Kier alpha value is -1.99. The molecule has 0 atom stereocenters. The number of hydrogen-bond acceptors (Lipinski definition) is 5. The van der Waals surface area contributed by atoms with Crippen molar-refractivity contribution in [2.75, 3.05) is 5.32 Å². The van der Waals surface area contributed by atoms with Gasteiger partial charge in [-0.3, -0.25) is 14.9 Å². The van der Waals surface area contributed by atoms with Crippen LogP contribution in [0.3, 0.4) is 0 Å². The molecule has 0 bridgehead atoms. The molecule has 0 radical (unpaired) electrons. The van der Waals surface area contributed by atoms with Crippen LogP contribution < -0.4 is 5.32 Å². The first-order chi connectivity index (χ1) is 8.99. The Kier molecular flexibility index (Phi) is 3.77. The number of nitrogens with one attached hydrogen (secondary N) is 1. The van der Waals surface area contributed by atoms with E-state index in [2.05, 4.69) is 10.3 Å². The van der Waals surface area contributed by atoms with Gasteiger partial charge in [-0.25, -0.2) is 4.98 Å². The van der Waals surface area contributed by atoms with Gasteiger partial charge < -0.3 is 5.32 Å². The van der Waals surface area contributed by atoms with Crippen LogP contribution in [0.4, 0.5) is 11.5 Å². The van der Waals surface area contributed by atoms with Gasteiger partial charge in [0.2, 0.25) is 5.82 Å². The molecule has 0 fully saturated rings. The van der Waals surface area contributed by atoms with Crippen LogP contribution in [0.5, 0.6) is 0 Å². The van der Waals surface area contributed by atoms with Crippen LogP contribution >= 0.6 is 22.9 Å². The molecule has 2 heterocycles. The molecule has 0 aliphatic carbocycles. The van der Waals surface area contributed by atoms with Crippen LogP contribution in [0.25, 0.3) is 0 Å². The normalized spacial score (nSPS) is 10.2. The van der Waals surface area contributed by atoms with Crippen molar-refractivity contribution in [2.24, 2.45) is 0 Å². The first kappa shape index (κ1) is 13.4. The van der Waals surface area contributed by atoms with E-state index in [1.807, 2.05) is 5.38 Å². The average Bonchev–Trinajstić information content (AvgIpc) is 2.75. The summed E-state index contributed by atoms with van der Waals surface area (Å²) in [7, 11) is 0. The van der Waals surface area contributed by atoms with Gasteiger partial charge in [-0.1, -0.05) is 11.6 Å². The van der Waals surface area contributed by atoms with E-state index in [1.54, 1.807) is 12.3 Å². The lowest BCUT2D eigenvalue weighted by Gasteiger charge is -2.05. The zero-order valence-corrected chi connectivity index (χ0v) is 11.3. The number of halogens is 1. The molecule has 1 N–H and O–H groups in total. The Bertz CT molecular complexity index is 656. The number of carbonyl (C=O) groups is 1. The van der Waals surface area contributed by atoms with Crippen LogP contribution in [0.1, 0.15) is 15.9 Å². The maximum Gasteiger partial charge on any atom is 0.311 e. The molecule has 2 aromatic rings. The molecular weight excluding hydrogens is 290 g/mol. The largest absolute Gasteiger partial charge is 0.311 e. The smallest absolute Gasteiger partial charge is 0.301 e. The molecule has 1 amide bonds. The molecule has 0 saturated carbocycles.